The molecule has 1 fully saturated rings. The number of benzene rings is 3. The number of Topliss-reactive ketones (excluding diaryl/α,β-unsaturated/α-hetero) is 1. The number of carbonyl (C=O) groups excluding carboxylic acids is 2. The number of amides is 1. The van der Waals surface area contributed by atoms with E-state index in [0.29, 0.717) is 25.1 Å². The number of likely N-dealkylation sites (tertiary alicyclic amines) is 1. The van der Waals surface area contributed by atoms with E-state index in [-0.39, 0.29) is 24.2 Å². The van der Waals surface area contributed by atoms with Gasteiger partial charge in [-0.05, 0) is 29.8 Å². The molecule has 4 aromatic rings. The Labute approximate surface area is 192 Å². The van der Waals surface area contributed by atoms with Gasteiger partial charge in [-0.3, -0.25) is 9.59 Å². The van der Waals surface area contributed by atoms with Crippen LogP contribution in [0.5, 0.6) is 5.75 Å². The number of hydrogen-bond donors (Lipinski definition) is 0. The number of methoxy groups -OCH3 is 1. The highest BCUT2D eigenvalue weighted by Gasteiger charge is 2.34. The Bertz CT molecular complexity index is 1300. The lowest BCUT2D eigenvalue weighted by atomic mass is 10.1. The van der Waals surface area contributed by atoms with Crippen LogP contribution in [-0.2, 0) is 17.9 Å². The second kappa shape index (κ2) is 8.90. The molecule has 1 aromatic heterocycles. The van der Waals surface area contributed by atoms with Crippen molar-refractivity contribution in [2.45, 2.75) is 25.4 Å². The van der Waals surface area contributed by atoms with Crippen molar-refractivity contribution in [1.29, 1.82) is 0 Å². The molecule has 33 heavy (non-hydrogen) atoms. The number of hydrogen-bond acceptors (Lipinski definition) is 4. The fourth-order valence-electron chi connectivity index (χ4n) is 4.48. The Morgan fingerprint density at radius 1 is 1.00 bits per heavy atom. The van der Waals surface area contributed by atoms with Crippen molar-refractivity contribution in [1.82, 2.24) is 14.5 Å². The van der Waals surface area contributed by atoms with E-state index in [0.717, 1.165) is 28.2 Å². The lowest BCUT2D eigenvalue weighted by Crippen LogP contribution is -2.24. The summed E-state index contributed by atoms with van der Waals surface area (Å²) in [5.41, 5.74) is 3.48. The number of para-hydroxylation sites is 2. The fraction of sp³-hybridized carbons (Fsp3) is 0.222. The molecule has 0 N–H and O–H groups in total. The van der Waals surface area contributed by atoms with E-state index in [1.54, 1.807) is 7.11 Å². The molecule has 1 amide bonds. The van der Waals surface area contributed by atoms with E-state index >= 15 is 0 Å². The standard InChI is InChI=1S/C27H25N3O3/c1-33-22-13-11-19(12-14-22)16-29-17-21(15-26(29)32)27-28-23-9-5-6-10-24(23)30(27)18-25(31)20-7-3-2-4-8-20/h2-14,21H,15-18H2,1H3. The lowest BCUT2D eigenvalue weighted by Gasteiger charge is -2.17. The van der Waals surface area contributed by atoms with Gasteiger partial charge >= 0.3 is 0 Å². The first-order valence-electron chi connectivity index (χ1n) is 11.1. The first kappa shape index (κ1) is 20.9. The molecule has 1 aliphatic heterocycles. The van der Waals surface area contributed by atoms with E-state index < -0.39 is 0 Å². The van der Waals surface area contributed by atoms with Crippen LogP contribution in [0.4, 0.5) is 0 Å². The third-order valence-corrected chi connectivity index (χ3v) is 6.19. The van der Waals surface area contributed by atoms with Gasteiger partial charge in [0.25, 0.3) is 0 Å². The second-order valence-electron chi connectivity index (χ2n) is 8.36. The van der Waals surface area contributed by atoms with E-state index in [2.05, 4.69) is 0 Å². The molecular weight excluding hydrogens is 414 g/mol. The monoisotopic (exact) mass is 439 g/mol. The summed E-state index contributed by atoms with van der Waals surface area (Å²) < 4.78 is 7.21. The van der Waals surface area contributed by atoms with Crippen molar-refractivity contribution in [3.63, 3.8) is 0 Å². The number of ketones is 1. The zero-order valence-corrected chi connectivity index (χ0v) is 18.5. The Hall–Kier alpha value is -3.93. The van der Waals surface area contributed by atoms with E-state index in [1.807, 2.05) is 88.3 Å². The summed E-state index contributed by atoms with van der Waals surface area (Å²) in [5, 5.41) is 0. The minimum absolute atomic E-state index is 0.0272. The fourth-order valence-corrected chi connectivity index (χ4v) is 4.48. The third-order valence-electron chi connectivity index (χ3n) is 6.19. The molecule has 1 unspecified atom stereocenters. The highest BCUT2D eigenvalue weighted by Crippen LogP contribution is 2.31. The zero-order valence-electron chi connectivity index (χ0n) is 18.5. The van der Waals surface area contributed by atoms with Gasteiger partial charge in [0.1, 0.15) is 11.6 Å². The van der Waals surface area contributed by atoms with Crippen LogP contribution < -0.4 is 4.74 Å². The molecule has 1 saturated heterocycles. The Kier molecular flexibility index (Phi) is 5.65. The summed E-state index contributed by atoms with van der Waals surface area (Å²) in [5.74, 6) is 1.65. The van der Waals surface area contributed by atoms with Crippen LogP contribution in [0.2, 0.25) is 0 Å². The molecule has 0 radical (unpaired) electrons. The number of ether oxygens (including phenoxy) is 1. The van der Waals surface area contributed by atoms with Crippen molar-refractivity contribution >= 4 is 22.7 Å². The van der Waals surface area contributed by atoms with Crippen molar-refractivity contribution in [2.24, 2.45) is 0 Å². The molecule has 1 aliphatic rings. The van der Waals surface area contributed by atoms with Gasteiger partial charge in [-0.15, -0.1) is 0 Å². The van der Waals surface area contributed by atoms with Crippen molar-refractivity contribution < 1.29 is 14.3 Å². The molecule has 166 valence electrons. The number of nitrogens with zero attached hydrogens (tertiary/aromatic N) is 3. The molecule has 6 heteroatoms. The summed E-state index contributed by atoms with van der Waals surface area (Å²) in [6.45, 7) is 1.32. The average Bonchev–Trinajstić information content (AvgIpc) is 3.40. The van der Waals surface area contributed by atoms with Gasteiger partial charge in [-0.25, -0.2) is 4.98 Å². The zero-order chi connectivity index (χ0) is 22.8. The smallest absolute Gasteiger partial charge is 0.223 e. The third kappa shape index (κ3) is 4.24. The van der Waals surface area contributed by atoms with Gasteiger partial charge in [0.15, 0.2) is 5.78 Å². The van der Waals surface area contributed by atoms with Crippen LogP contribution in [0.1, 0.15) is 34.1 Å². The molecule has 0 bridgehead atoms. The van der Waals surface area contributed by atoms with E-state index in [9.17, 15) is 9.59 Å². The molecule has 0 aliphatic carbocycles. The number of fused-ring (bicyclic) bond motifs is 1. The summed E-state index contributed by atoms with van der Waals surface area (Å²) in [7, 11) is 1.64. The predicted molar refractivity (Wildman–Crippen MR) is 126 cm³/mol. The average molecular weight is 440 g/mol. The molecule has 0 spiro atoms. The van der Waals surface area contributed by atoms with Gasteiger partial charge in [0, 0.05) is 31.0 Å². The van der Waals surface area contributed by atoms with Gasteiger partial charge in [-0.1, -0.05) is 54.6 Å². The Morgan fingerprint density at radius 2 is 1.73 bits per heavy atom. The number of aromatic nitrogens is 2. The first-order valence-corrected chi connectivity index (χ1v) is 11.1. The highest BCUT2D eigenvalue weighted by molar-refractivity contribution is 5.96. The van der Waals surface area contributed by atoms with Crippen molar-refractivity contribution in [2.75, 3.05) is 13.7 Å². The maximum Gasteiger partial charge on any atom is 0.223 e. The molecule has 0 saturated carbocycles. The predicted octanol–water partition coefficient (Wildman–Crippen LogP) is 4.44. The largest absolute Gasteiger partial charge is 0.497 e. The quantitative estimate of drug-likeness (QED) is 0.399. The number of imidazole rings is 1. The molecule has 6 nitrogen and oxygen atoms in total. The maximum atomic E-state index is 13.0. The van der Waals surface area contributed by atoms with Crippen LogP contribution >= 0.6 is 0 Å². The number of carbonyl (C=O) groups is 2. The summed E-state index contributed by atoms with van der Waals surface area (Å²) in [6.07, 6.45) is 0.388. The van der Waals surface area contributed by atoms with Crippen molar-refractivity contribution in [3.05, 3.63) is 95.8 Å². The summed E-state index contributed by atoms with van der Waals surface area (Å²) in [6, 6.07) is 24.9. The van der Waals surface area contributed by atoms with Gasteiger partial charge < -0.3 is 14.2 Å². The van der Waals surface area contributed by atoms with Crippen LogP contribution in [-0.4, -0.2) is 39.8 Å². The summed E-state index contributed by atoms with van der Waals surface area (Å²) >= 11 is 0. The second-order valence-corrected chi connectivity index (χ2v) is 8.36. The van der Waals surface area contributed by atoms with Crippen LogP contribution in [0.3, 0.4) is 0 Å². The maximum absolute atomic E-state index is 13.0. The lowest BCUT2D eigenvalue weighted by molar-refractivity contribution is -0.128. The van der Waals surface area contributed by atoms with Gasteiger partial charge in [0.2, 0.25) is 5.91 Å². The molecule has 1 atom stereocenters. The topological polar surface area (TPSA) is 64.4 Å². The van der Waals surface area contributed by atoms with E-state index in [1.165, 1.54) is 0 Å². The Balaban J connectivity index is 1.41. The minimum atomic E-state index is -0.0632. The van der Waals surface area contributed by atoms with Gasteiger partial charge in [-0.2, -0.15) is 0 Å². The Morgan fingerprint density at radius 3 is 2.48 bits per heavy atom. The normalized spacial score (nSPS) is 15.8. The van der Waals surface area contributed by atoms with Crippen LogP contribution in [0.15, 0.2) is 78.9 Å². The number of rotatable bonds is 7. The highest BCUT2D eigenvalue weighted by atomic mass is 16.5. The van der Waals surface area contributed by atoms with Crippen molar-refractivity contribution in [3.8, 4) is 5.75 Å². The SMILES string of the molecule is COc1ccc(CN2CC(c3nc4ccccc4n3CC(=O)c3ccccc3)CC2=O)cc1. The summed E-state index contributed by atoms with van der Waals surface area (Å²) in [4.78, 5) is 32.6. The van der Waals surface area contributed by atoms with Crippen LogP contribution in [0.25, 0.3) is 11.0 Å². The molecular formula is C27H25N3O3. The molecule has 5 rings (SSSR count). The first-order chi connectivity index (χ1) is 16.1. The van der Waals surface area contributed by atoms with Gasteiger partial charge in [0.05, 0.1) is 24.7 Å². The van der Waals surface area contributed by atoms with Crippen LogP contribution in [0, 0.1) is 0 Å². The minimum Gasteiger partial charge on any atom is -0.497 e. The molecule has 2 heterocycles. The van der Waals surface area contributed by atoms with E-state index in [4.69, 9.17) is 9.72 Å². The molecule has 3 aromatic carbocycles.